The Labute approximate surface area is 81.2 Å². The minimum Gasteiger partial charge on any atom is -0.385 e. The molecule has 1 aliphatic rings. The molecule has 72 valence electrons. The lowest BCUT2D eigenvalue weighted by atomic mass is 10.0. The van der Waals surface area contributed by atoms with Crippen LogP contribution in [0.3, 0.4) is 0 Å². The van der Waals surface area contributed by atoms with Crippen molar-refractivity contribution < 1.29 is 0 Å². The fourth-order valence-corrected chi connectivity index (χ4v) is 1.52. The number of hydrogen-bond acceptors (Lipinski definition) is 1. The number of nitrogens with one attached hydrogen (secondary N) is 1. The van der Waals surface area contributed by atoms with Gasteiger partial charge in [0.05, 0.1) is 0 Å². The molecule has 0 saturated carbocycles. The molecule has 1 saturated heterocycles. The SMILES string of the molecule is C=C1NCCCCC/C1=C/C=C\C. The molecular formula is C12H19N. The Morgan fingerprint density at radius 3 is 2.92 bits per heavy atom. The highest BCUT2D eigenvalue weighted by Crippen LogP contribution is 2.17. The zero-order valence-corrected chi connectivity index (χ0v) is 8.47. The first kappa shape index (κ1) is 10.1. The molecule has 0 spiro atoms. The fourth-order valence-electron chi connectivity index (χ4n) is 1.52. The Morgan fingerprint density at radius 2 is 2.15 bits per heavy atom. The third-order valence-electron chi connectivity index (χ3n) is 2.34. The second kappa shape index (κ2) is 5.63. The Bertz CT molecular complexity index is 223. The summed E-state index contributed by atoms with van der Waals surface area (Å²) in [5.41, 5.74) is 2.47. The van der Waals surface area contributed by atoms with Crippen LogP contribution in [0.2, 0.25) is 0 Å². The largest absolute Gasteiger partial charge is 0.385 e. The van der Waals surface area contributed by atoms with Crippen LogP contribution in [0.4, 0.5) is 0 Å². The van der Waals surface area contributed by atoms with E-state index in [1.807, 2.05) is 6.92 Å². The second-order valence-electron chi connectivity index (χ2n) is 3.43. The van der Waals surface area contributed by atoms with Gasteiger partial charge in [-0.2, -0.15) is 0 Å². The van der Waals surface area contributed by atoms with Crippen molar-refractivity contribution >= 4 is 0 Å². The molecule has 0 aromatic carbocycles. The molecule has 0 aromatic rings. The first-order valence-electron chi connectivity index (χ1n) is 5.09. The molecular weight excluding hydrogens is 158 g/mol. The molecule has 0 aromatic heterocycles. The van der Waals surface area contributed by atoms with Gasteiger partial charge in [-0.25, -0.2) is 0 Å². The Kier molecular flexibility index (Phi) is 4.37. The summed E-state index contributed by atoms with van der Waals surface area (Å²) < 4.78 is 0. The van der Waals surface area contributed by atoms with Crippen LogP contribution in [0, 0.1) is 0 Å². The van der Waals surface area contributed by atoms with Crippen LogP contribution in [0.1, 0.15) is 32.6 Å². The van der Waals surface area contributed by atoms with E-state index in [-0.39, 0.29) is 0 Å². The van der Waals surface area contributed by atoms with Crippen LogP contribution in [0.15, 0.2) is 36.1 Å². The van der Waals surface area contributed by atoms with Gasteiger partial charge in [-0.05, 0) is 31.8 Å². The monoisotopic (exact) mass is 177 g/mol. The minimum atomic E-state index is 1.08. The van der Waals surface area contributed by atoms with Gasteiger partial charge in [0.25, 0.3) is 0 Å². The highest BCUT2D eigenvalue weighted by atomic mass is 14.9. The normalized spacial score (nSPS) is 22.8. The molecule has 0 unspecified atom stereocenters. The molecule has 0 amide bonds. The molecule has 0 radical (unpaired) electrons. The van der Waals surface area contributed by atoms with Crippen molar-refractivity contribution in [2.75, 3.05) is 6.54 Å². The van der Waals surface area contributed by atoms with E-state index in [9.17, 15) is 0 Å². The van der Waals surface area contributed by atoms with Gasteiger partial charge in [0.1, 0.15) is 0 Å². The van der Waals surface area contributed by atoms with Crippen molar-refractivity contribution in [3.8, 4) is 0 Å². The Balaban J connectivity index is 2.61. The third-order valence-corrected chi connectivity index (χ3v) is 2.34. The lowest BCUT2D eigenvalue weighted by Gasteiger charge is -2.16. The van der Waals surface area contributed by atoms with E-state index in [4.69, 9.17) is 0 Å². The molecule has 1 fully saturated rings. The third kappa shape index (κ3) is 3.49. The van der Waals surface area contributed by atoms with Crippen LogP contribution in [-0.2, 0) is 0 Å². The molecule has 1 N–H and O–H groups in total. The van der Waals surface area contributed by atoms with Crippen LogP contribution in [0.25, 0.3) is 0 Å². The number of rotatable bonds is 1. The highest BCUT2D eigenvalue weighted by molar-refractivity contribution is 5.30. The molecule has 1 heterocycles. The lowest BCUT2D eigenvalue weighted by molar-refractivity contribution is 0.614. The average molecular weight is 177 g/mol. The summed E-state index contributed by atoms with van der Waals surface area (Å²) >= 11 is 0. The van der Waals surface area contributed by atoms with E-state index in [1.54, 1.807) is 0 Å². The zero-order valence-electron chi connectivity index (χ0n) is 8.47. The van der Waals surface area contributed by atoms with Gasteiger partial charge in [-0.15, -0.1) is 0 Å². The van der Waals surface area contributed by atoms with Crippen LogP contribution in [-0.4, -0.2) is 6.54 Å². The quantitative estimate of drug-likeness (QED) is 0.648. The predicted molar refractivity (Wildman–Crippen MR) is 58.5 cm³/mol. The summed E-state index contributed by atoms with van der Waals surface area (Å²) in [5.74, 6) is 0. The van der Waals surface area contributed by atoms with E-state index < -0.39 is 0 Å². The number of allylic oxidation sites excluding steroid dienone is 4. The van der Waals surface area contributed by atoms with Crippen LogP contribution >= 0.6 is 0 Å². The van der Waals surface area contributed by atoms with Crippen molar-refractivity contribution in [3.05, 3.63) is 36.1 Å². The van der Waals surface area contributed by atoms with Gasteiger partial charge in [0.15, 0.2) is 0 Å². The maximum absolute atomic E-state index is 4.04. The second-order valence-corrected chi connectivity index (χ2v) is 3.43. The Morgan fingerprint density at radius 1 is 1.31 bits per heavy atom. The predicted octanol–water partition coefficient (Wildman–Crippen LogP) is 3.17. The highest BCUT2D eigenvalue weighted by Gasteiger charge is 2.04. The molecule has 1 nitrogen and oxygen atoms in total. The molecule has 0 bridgehead atoms. The van der Waals surface area contributed by atoms with Crippen molar-refractivity contribution in [3.63, 3.8) is 0 Å². The van der Waals surface area contributed by atoms with Gasteiger partial charge in [0, 0.05) is 12.2 Å². The van der Waals surface area contributed by atoms with Crippen LogP contribution in [0.5, 0.6) is 0 Å². The summed E-state index contributed by atoms with van der Waals surface area (Å²) in [6.45, 7) is 7.15. The van der Waals surface area contributed by atoms with E-state index in [2.05, 4.69) is 30.1 Å². The summed E-state index contributed by atoms with van der Waals surface area (Å²) in [7, 11) is 0. The number of hydrogen-bond donors (Lipinski definition) is 1. The fraction of sp³-hybridized carbons (Fsp3) is 0.500. The maximum atomic E-state index is 4.04. The van der Waals surface area contributed by atoms with Gasteiger partial charge >= 0.3 is 0 Å². The summed E-state index contributed by atoms with van der Waals surface area (Å²) in [4.78, 5) is 0. The van der Waals surface area contributed by atoms with Crippen molar-refractivity contribution in [2.24, 2.45) is 0 Å². The molecule has 0 atom stereocenters. The smallest absolute Gasteiger partial charge is 0.0299 e. The zero-order chi connectivity index (χ0) is 9.52. The summed E-state index contributed by atoms with van der Waals surface area (Å²) in [6.07, 6.45) is 11.4. The van der Waals surface area contributed by atoms with E-state index in [0.29, 0.717) is 0 Å². The molecule has 13 heavy (non-hydrogen) atoms. The molecule has 1 heteroatoms. The maximum Gasteiger partial charge on any atom is 0.0299 e. The van der Waals surface area contributed by atoms with E-state index >= 15 is 0 Å². The average Bonchev–Trinajstić information content (AvgIpc) is 2.11. The van der Waals surface area contributed by atoms with Gasteiger partial charge in [-0.3, -0.25) is 0 Å². The van der Waals surface area contributed by atoms with Gasteiger partial charge in [-0.1, -0.05) is 31.2 Å². The van der Waals surface area contributed by atoms with Crippen molar-refractivity contribution in [1.29, 1.82) is 0 Å². The standard InChI is InChI=1S/C12H19N/c1-3-4-8-12-9-6-5-7-10-13-11(12)2/h3-4,8,13H,2,5-7,9-10H2,1H3/b4-3-,12-8-. The molecule has 0 aliphatic carbocycles. The summed E-state index contributed by atoms with van der Waals surface area (Å²) in [5, 5.41) is 3.35. The van der Waals surface area contributed by atoms with Crippen molar-refractivity contribution in [1.82, 2.24) is 5.32 Å². The van der Waals surface area contributed by atoms with Crippen LogP contribution < -0.4 is 5.32 Å². The van der Waals surface area contributed by atoms with E-state index in [0.717, 1.165) is 18.7 Å². The summed E-state index contributed by atoms with van der Waals surface area (Å²) in [6, 6.07) is 0. The van der Waals surface area contributed by atoms with Crippen molar-refractivity contribution in [2.45, 2.75) is 32.6 Å². The lowest BCUT2D eigenvalue weighted by Crippen LogP contribution is -2.17. The molecule has 1 aliphatic heterocycles. The van der Waals surface area contributed by atoms with Gasteiger partial charge in [0.2, 0.25) is 0 Å². The first-order chi connectivity index (χ1) is 6.34. The first-order valence-corrected chi connectivity index (χ1v) is 5.09. The molecule has 1 rings (SSSR count). The Hall–Kier alpha value is -0.980. The van der Waals surface area contributed by atoms with Gasteiger partial charge < -0.3 is 5.32 Å². The topological polar surface area (TPSA) is 12.0 Å². The minimum absolute atomic E-state index is 1.08. The van der Waals surface area contributed by atoms with E-state index in [1.165, 1.54) is 24.8 Å².